The lowest BCUT2D eigenvalue weighted by atomic mass is 10.2. The molecule has 0 bridgehead atoms. The van der Waals surface area contributed by atoms with Gasteiger partial charge in [0.1, 0.15) is 5.82 Å². The molecule has 3 N–H and O–H groups in total. The molecular formula is C13H15FN4O2. The number of imidazole rings is 1. The smallest absolute Gasteiger partial charge is 0.336 e. The summed E-state index contributed by atoms with van der Waals surface area (Å²) < 4.78 is 14.6. The Morgan fingerprint density at radius 3 is 2.85 bits per heavy atom. The average Bonchev–Trinajstić information content (AvgIpc) is 2.87. The van der Waals surface area contributed by atoms with E-state index < -0.39 is 6.03 Å². The van der Waals surface area contributed by atoms with Crippen LogP contribution in [0.4, 0.5) is 9.18 Å². The Kier molecular flexibility index (Phi) is 4.67. The number of benzene rings is 1. The van der Waals surface area contributed by atoms with Gasteiger partial charge in [-0.25, -0.2) is 19.6 Å². The molecule has 20 heavy (non-hydrogen) atoms. The number of aryl methyl sites for hydroxylation is 1. The van der Waals surface area contributed by atoms with Gasteiger partial charge in [0.15, 0.2) is 0 Å². The Bertz CT molecular complexity index is 568. The first-order valence-electron chi connectivity index (χ1n) is 6.11. The van der Waals surface area contributed by atoms with Crippen LogP contribution in [-0.2, 0) is 11.3 Å². The zero-order valence-electron chi connectivity index (χ0n) is 10.8. The molecule has 1 aromatic carbocycles. The predicted octanol–water partition coefficient (Wildman–Crippen LogP) is 1.54. The van der Waals surface area contributed by atoms with E-state index in [0.717, 1.165) is 11.4 Å². The predicted molar refractivity (Wildman–Crippen MR) is 70.5 cm³/mol. The number of amides is 2. The van der Waals surface area contributed by atoms with E-state index in [4.69, 9.17) is 10.6 Å². The lowest BCUT2D eigenvalue weighted by Gasteiger charge is -2.02. The van der Waals surface area contributed by atoms with Crippen molar-refractivity contribution in [1.29, 1.82) is 0 Å². The van der Waals surface area contributed by atoms with Gasteiger partial charge in [-0.3, -0.25) is 4.84 Å². The summed E-state index contributed by atoms with van der Waals surface area (Å²) in [5.41, 5.74) is 8.62. The quantitative estimate of drug-likeness (QED) is 0.621. The molecule has 106 valence electrons. The molecule has 0 radical (unpaired) electrons. The second-order valence-electron chi connectivity index (χ2n) is 4.17. The number of nitrogens with two attached hydrogens (primary N) is 1. The molecule has 0 spiro atoms. The molecule has 0 aliphatic carbocycles. The van der Waals surface area contributed by atoms with Gasteiger partial charge in [0.05, 0.1) is 18.6 Å². The topological polar surface area (TPSA) is 82.2 Å². The Balaban J connectivity index is 1.83. The minimum Gasteiger partial charge on any atom is -0.350 e. The van der Waals surface area contributed by atoms with Gasteiger partial charge in [0, 0.05) is 11.9 Å². The van der Waals surface area contributed by atoms with Crippen LogP contribution in [0.5, 0.6) is 0 Å². The lowest BCUT2D eigenvalue weighted by Crippen LogP contribution is -2.29. The summed E-state index contributed by atoms with van der Waals surface area (Å²) in [6.45, 7) is 0.354. The summed E-state index contributed by atoms with van der Waals surface area (Å²) >= 11 is 0. The third-order valence-corrected chi connectivity index (χ3v) is 2.61. The van der Waals surface area contributed by atoms with Crippen LogP contribution in [-0.4, -0.2) is 22.2 Å². The summed E-state index contributed by atoms with van der Waals surface area (Å²) in [6, 6.07) is 5.45. The number of hydrogen-bond acceptors (Lipinski definition) is 3. The third kappa shape index (κ3) is 4.06. The summed E-state index contributed by atoms with van der Waals surface area (Å²) in [7, 11) is 0. The number of aromatic nitrogens is 2. The highest BCUT2D eigenvalue weighted by Gasteiger charge is 2.02. The SMILES string of the molecule is NC(=O)NOCCCc1cn(-c2ccc(F)cc2)cn1. The van der Waals surface area contributed by atoms with E-state index >= 15 is 0 Å². The molecule has 0 saturated carbocycles. The fraction of sp³-hybridized carbons (Fsp3) is 0.231. The minimum absolute atomic E-state index is 0.270. The van der Waals surface area contributed by atoms with Crippen molar-refractivity contribution in [1.82, 2.24) is 15.0 Å². The van der Waals surface area contributed by atoms with Crippen LogP contribution in [0.1, 0.15) is 12.1 Å². The number of carbonyl (C=O) groups excluding carboxylic acids is 1. The van der Waals surface area contributed by atoms with Crippen LogP contribution in [0.2, 0.25) is 0 Å². The van der Waals surface area contributed by atoms with E-state index in [2.05, 4.69) is 4.98 Å². The Morgan fingerprint density at radius 2 is 2.15 bits per heavy atom. The van der Waals surface area contributed by atoms with E-state index in [9.17, 15) is 9.18 Å². The molecule has 0 unspecified atom stereocenters. The van der Waals surface area contributed by atoms with Gasteiger partial charge in [0.2, 0.25) is 0 Å². The molecule has 0 saturated heterocycles. The zero-order chi connectivity index (χ0) is 14.4. The maximum Gasteiger partial charge on any atom is 0.336 e. The molecule has 2 amide bonds. The van der Waals surface area contributed by atoms with Crippen molar-refractivity contribution in [3.8, 4) is 5.69 Å². The standard InChI is InChI=1S/C13H15FN4O2/c14-10-3-5-12(6-4-10)18-8-11(16-9-18)2-1-7-20-17-13(15)19/h3-6,8-9H,1-2,7H2,(H3,15,17,19). The van der Waals surface area contributed by atoms with E-state index in [1.807, 2.05) is 16.2 Å². The van der Waals surface area contributed by atoms with Crippen LogP contribution in [0.25, 0.3) is 5.69 Å². The zero-order valence-corrected chi connectivity index (χ0v) is 10.8. The van der Waals surface area contributed by atoms with E-state index in [-0.39, 0.29) is 5.82 Å². The monoisotopic (exact) mass is 278 g/mol. The Morgan fingerprint density at radius 1 is 1.40 bits per heavy atom. The second kappa shape index (κ2) is 6.67. The van der Waals surface area contributed by atoms with Crippen molar-refractivity contribution < 1.29 is 14.0 Å². The summed E-state index contributed by atoms with van der Waals surface area (Å²) in [6.07, 6.45) is 4.94. The second-order valence-corrected chi connectivity index (χ2v) is 4.17. The third-order valence-electron chi connectivity index (χ3n) is 2.61. The van der Waals surface area contributed by atoms with Gasteiger partial charge in [-0.1, -0.05) is 0 Å². The molecule has 7 heteroatoms. The molecule has 1 aromatic heterocycles. The number of primary amides is 1. The van der Waals surface area contributed by atoms with E-state index in [1.54, 1.807) is 18.5 Å². The van der Waals surface area contributed by atoms with Gasteiger partial charge in [-0.15, -0.1) is 0 Å². The Labute approximate surface area is 115 Å². The Hall–Kier alpha value is -2.41. The maximum absolute atomic E-state index is 12.8. The normalized spacial score (nSPS) is 10.4. The van der Waals surface area contributed by atoms with Crippen molar-refractivity contribution in [2.45, 2.75) is 12.8 Å². The first-order chi connectivity index (χ1) is 9.65. The van der Waals surface area contributed by atoms with Crippen LogP contribution in [0, 0.1) is 5.82 Å². The molecule has 6 nitrogen and oxygen atoms in total. The van der Waals surface area contributed by atoms with Gasteiger partial charge in [0.25, 0.3) is 0 Å². The molecule has 2 rings (SSSR count). The molecule has 0 fully saturated rings. The first-order valence-corrected chi connectivity index (χ1v) is 6.11. The maximum atomic E-state index is 12.8. The number of hydroxylamine groups is 1. The number of rotatable bonds is 6. The first kappa shape index (κ1) is 14.0. The molecule has 2 aromatic rings. The minimum atomic E-state index is -0.717. The van der Waals surface area contributed by atoms with Crippen molar-refractivity contribution in [2.24, 2.45) is 5.73 Å². The highest BCUT2D eigenvalue weighted by atomic mass is 19.1. The van der Waals surface area contributed by atoms with Crippen LogP contribution in [0.3, 0.4) is 0 Å². The van der Waals surface area contributed by atoms with Crippen molar-refractivity contribution >= 4 is 6.03 Å². The number of halogens is 1. The number of carbonyl (C=O) groups is 1. The van der Waals surface area contributed by atoms with E-state index in [0.29, 0.717) is 19.4 Å². The van der Waals surface area contributed by atoms with Crippen LogP contribution >= 0.6 is 0 Å². The molecular weight excluding hydrogens is 263 g/mol. The lowest BCUT2D eigenvalue weighted by molar-refractivity contribution is 0.0628. The van der Waals surface area contributed by atoms with Gasteiger partial charge in [-0.2, -0.15) is 0 Å². The number of nitrogens with zero attached hydrogens (tertiary/aromatic N) is 2. The molecule has 1 heterocycles. The van der Waals surface area contributed by atoms with Gasteiger partial charge in [-0.05, 0) is 37.1 Å². The fourth-order valence-corrected chi connectivity index (χ4v) is 1.69. The van der Waals surface area contributed by atoms with Crippen molar-refractivity contribution in [2.75, 3.05) is 6.61 Å². The summed E-state index contributed by atoms with van der Waals surface area (Å²) in [5.74, 6) is -0.270. The fourth-order valence-electron chi connectivity index (χ4n) is 1.69. The van der Waals surface area contributed by atoms with Crippen LogP contribution in [0.15, 0.2) is 36.8 Å². The number of nitrogens with one attached hydrogen (secondary N) is 1. The van der Waals surface area contributed by atoms with Crippen LogP contribution < -0.4 is 11.2 Å². The van der Waals surface area contributed by atoms with Gasteiger partial charge < -0.3 is 10.3 Å². The average molecular weight is 278 g/mol. The molecule has 0 aliphatic rings. The van der Waals surface area contributed by atoms with Gasteiger partial charge >= 0.3 is 6.03 Å². The summed E-state index contributed by atoms with van der Waals surface area (Å²) in [4.78, 5) is 19.4. The van der Waals surface area contributed by atoms with Crippen molar-refractivity contribution in [3.05, 3.63) is 48.3 Å². The number of urea groups is 1. The van der Waals surface area contributed by atoms with Crippen molar-refractivity contribution in [3.63, 3.8) is 0 Å². The largest absolute Gasteiger partial charge is 0.350 e. The number of hydrogen-bond donors (Lipinski definition) is 2. The highest BCUT2D eigenvalue weighted by molar-refractivity contribution is 5.70. The van der Waals surface area contributed by atoms with E-state index in [1.165, 1.54) is 12.1 Å². The summed E-state index contributed by atoms with van der Waals surface area (Å²) in [5, 5.41) is 0. The highest BCUT2D eigenvalue weighted by Crippen LogP contribution is 2.10. The molecule has 0 aliphatic heterocycles. The molecule has 0 atom stereocenters.